The first kappa shape index (κ1) is 25.5. The maximum atomic E-state index is 13.3. The summed E-state index contributed by atoms with van der Waals surface area (Å²) < 4.78 is 5.44. The summed E-state index contributed by atoms with van der Waals surface area (Å²) in [6, 6.07) is 3.86. The van der Waals surface area contributed by atoms with E-state index in [4.69, 9.17) is 27.9 Å². The highest BCUT2D eigenvalue weighted by molar-refractivity contribution is 6.42. The van der Waals surface area contributed by atoms with Crippen LogP contribution in [0.4, 0.5) is 10.5 Å². The molecule has 3 amide bonds. The number of ether oxygens (including phenoxy) is 1. The number of aliphatic hydroxyl groups excluding tert-OH is 1. The van der Waals surface area contributed by atoms with Crippen LogP contribution in [0.1, 0.15) is 32.6 Å². The molecule has 1 aliphatic carbocycles. The van der Waals surface area contributed by atoms with Gasteiger partial charge in [0.1, 0.15) is 6.04 Å². The van der Waals surface area contributed by atoms with Gasteiger partial charge in [0.25, 0.3) is 0 Å². The lowest BCUT2D eigenvalue weighted by Crippen LogP contribution is -2.61. The Morgan fingerprint density at radius 2 is 2.00 bits per heavy atom. The van der Waals surface area contributed by atoms with E-state index in [1.54, 1.807) is 37.1 Å². The molecule has 3 atom stereocenters. The van der Waals surface area contributed by atoms with Crippen LogP contribution in [-0.4, -0.2) is 96.4 Å². The van der Waals surface area contributed by atoms with Crippen molar-refractivity contribution >= 4 is 40.8 Å². The smallest absolute Gasteiger partial charge is 0.322 e. The van der Waals surface area contributed by atoms with E-state index in [2.05, 4.69) is 10.2 Å². The monoisotopic (exact) mass is 512 g/mol. The first-order chi connectivity index (χ1) is 16.2. The van der Waals surface area contributed by atoms with Crippen LogP contribution in [0.2, 0.25) is 10.0 Å². The molecule has 3 aliphatic rings. The second-order valence-corrected chi connectivity index (χ2v) is 10.6. The molecule has 188 valence electrons. The van der Waals surface area contributed by atoms with Gasteiger partial charge in [-0.1, -0.05) is 23.2 Å². The average molecular weight is 513 g/mol. The van der Waals surface area contributed by atoms with Gasteiger partial charge in [-0.25, -0.2) is 4.79 Å². The lowest BCUT2D eigenvalue weighted by molar-refractivity contribution is -0.143. The van der Waals surface area contributed by atoms with E-state index in [-0.39, 0.29) is 29.5 Å². The first-order valence-corrected chi connectivity index (χ1v) is 12.7. The van der Waals surface area contributed by atoms with Crippen LogP contribution in [0.15, 0.2) is 18.2 Å². The number of benzene rings is 1. The summed E-state index contributed by atoms with van der Waals surface area (Å²) in [6.45, 7) is 5.55. The average Bonchev–Trinajstić information content (AvgIpc) is 3.59. The van der Waals surface area contributed by atoms with Gasteiger partial charge in [0.2, 0.25) is 5.91 Å². The fraction of sp³-hybridized carbons (Fsp3) is 0.667. The number of amides is 3. The number of β-amino-alcohol motifs (C(OH)–C–C–N with tert-alkyl or cyclic N) is 1. The number of piperidine rings is 1. The molecule has 0 bridgehead atoms. The number of likely N-dealkylation sites (tertiary alicyclic amines) is 1. The Labute approximate surface area is 211 Å². The molecule has 2 heterocycles. The molecule has 3 unspecified atom stereocenters. The quantitative estimate of drug-likeness (QED) is 0.585. The molecule has 4 rings (SSSR count). The Morgan fingerprint density at radius 3 is 2.65 bits per heavy atom. The summed E-state index contributed by atoms with van der Waals surface area (Å²) in [5, 5.41) is 14.1. The van der Waals surface area contributed by atoms with Crippen LogP contribution in [-0.2, 0) is 9.53 Å². The zero-order valence-corrected chi connectivity index (χ0v) is 21.3. The maximum absolute atomic E-state index is 13.3. The van der Waals surface area contributed by atoms with Crippen molar-refractivity contribution in [3.63, 3.8) is 0 Å². The summed E-state index contributed by atoms with van der Waals surface area (Å²) in [5.74, 6) is -0.0896. The van der Waals surface area contributed by atoms with Crippen molar-refractivity contribution < 1.29 is 19.4 Å². The van der Waals surface area contributed by atoms with E-state index in [0.29, 0.717) is 42.0 Å². The minimum Gasteiger partial charge on any atom is -0.391 e. The van der Waals surface area contributed by atoms with Crippen LogP contribution >= 0.6 is 23.2 Å². The van der Waals surface area contributed by atoms with Crippen molar-refractivity contribution in [3.05, 3.63) is 28.2 Å². The highest BCUT2D eigenvalue weighted by Gasteiger charge is 2.51. The number of halogens is 2. The van der Waals surface area contributed by atoms with Gasteiger partial charge in [-0.15, -0.1) is 0 Å². The highest BCUT2D eigenvalue weighted by Crippen LogP contribution is 2.53. The van der Waals surface area contributed by atoms with E-state index >= 15 is 0 Å². The standard InChI is InChI=1S/C24H34Cl2N4O4/c1-16-22(32)30(12-11-29(16)23(33)27-17-3-4-19(25)20(26)13-17)18(15-34-2)5-9-28-10-8-24(6-7-24)21(31)14-28/h3-4,13,16,18,21,31H,5-12,14-15H2,1-2H3,(H,27,33). The van der Waals surface area contributed by atoms with E-state index in [0.717, 1.165) is 38.8 Å². The number of aliphatic hydroxyl groups is 1. The third-order valence-corrected chi connectivity index (χ3v) is 8.40. The fourth-order valence-corrected chi connectivity index (χ4v) is 5.48. The maximum Gasteiger partial charge on any atom is 0.322 e. The molecule has 0 aromatic heterocycles. The molecule has 1 aromatic carbocycles. The van der Waals surface area contributed by atoms with E-state index in [1.807, 2.05) is 4.90 Å². The SMILES string of the molecule is COCC(CCN1CCC2(CC2)C(O)C1)N1CCN(C(=O)Nc2ccc(Cl)c(Cl)c2)C(C)C1=O. The lowest BCUT2D eigenvalue weighted by Gasteiger charge is -2.43. The van der Waals surface area contributed by atoms with Crippen LogP contribution in [0.5, 0.6) is 0 Å². The van der Waals surface area contributed by atoms with Crippen molar-refractivity contribution in [1.29, 1.82) is 0 Å². The largest absolute Gasteiger partial charge is 0.391 e. The second-order valence-electron chi connectivity index (χ2n) is 9.79. The van der Waals surface area contributed by atoms with Gasteiger partial charge in [-0.3, -0.25) is 4.79 Å². The van der Waals surface area contributed by atoms with Crippen LogP contribution in [0.3, 0.4) is 0 Å². The Kier molecular flexibility index (Phi) is 7.94. The number of anilines is 1. The van der Waals surface area contributed by atoms with E-state index in [1.165, 1.54) is 0 Å². The lowest BCUT2D eigenvalue weighted by atomic mass is 9.90. The van der Waals surface area contributed by atoms with Gasteiger partial charge < -0.3 is 29.9 Å². The Bertz CT molecular complexity index is 913. The number of piperazine rings is 1. The third-order valence-electron chi connectivity index (χ3n) is 7.66. The van der Waals surface area contributed by atoms with Crippen LogP contribution in [0, 0.1) is 5.41 Å². The third kappa shape index (κ3) is 5.46. The topological polar surface area (TPSA) is 85.3 Å². The number of rotatable bonds is 7. The second kappa shape index (κ2) is 10.6. The number of hydrogen-bond acceptors (Lipinski definition) is 5. The number of nitrogens with zero attached hydrogens (tertiary/aromatic N) is 3. The van der Waals surface area contributed by atoms with Crippen LogP contribution in [0.25, 0.3) is 0 Å². The molecule has 1 saturated carbocycles. The molecule has 3 fully saturated rings. The van der Waals surface area contributed by atoms with Gasteiger partial charge in [0.05, 0.1) is 28.8 Å². The molecular weight excluding hydrogens is 479 g/mol. The number of nitrogens with one attached hydrogen (secondary N) is 1. The zero-order chi connectivity index (χ0) is 24.5. The molecule has 2 aliphatic heterocycles. The van der Waals surface area contributed by atoms with E-state index < -0.39 is 6.04 Å². The Hall–Kier alpha value is -1.58. The first-order valence-electron chi connectivity index (χ1n) is 12.0. The molecule has 34 heavy (non-hydrogen) atoms. The summed E-state index contributed by atoms with van der Waals surface area (Å²) >= 11 is 12.0. The molecule has 0 radical (unpaired) electrons. The predicted octanol–water partition coefficient (Wildman–Crippen LogP) is 3.31. The summed E-state index contributed by atoms with van der Waals surface area (Å²) in [6.07, 6.45) is 3.85. The molecule has 1 spiro atoms. The molecule has 1 aromatic rings. The number of carbonyl (C=O) groups excluding carboxylic acids is 2. The summed E-state index contributed by atoms with van der Waals surface area (Å²) in [5.41, 5.74) is 0.706. The van der Waals surface area contributed by atoms with Gasteiger partial charge in [-0.05, 0) is 62.8 Å². The fourth-order valence-electron chi connectivity index (χ4n) is 5.18. The zero-order valence-electron chi connectivity index (χ0n) is 19.8. The number of methoxy groups -OCH3 is 1. The number of carbonyl (C=O) groups is 2. The molecule has 10 heteroatoms. The Balaban J connectivity index is 1.33. The molecule has 8 nitrogen and oxygen atoms in total. The minimum atomic E-state index is -0.595. The normalized spacial score (nSPS) is 25.5. The predicted molar refractivity (Wildman–Crippen MR) is 132 cm³/mol. The van der Waals surface area contributed by atoms with E-state index in [9.17, 15) is 14.7 Å². The van der Waals surface area contributed by atoms with Crippen molar-refractivity contribution in [1.82, 2.24) is 14.7 Å². The molecule has 2 saturated heterocycles. The number of urea groups is 1. The van der Waals surface area contributed by atoms with Gasteiger partial charge in [-0.2, -0.15) is 0 Å². The highest BCUT2D eigenvalue weighted by atomic mass is 35.5. The Morgan fingerprint density at radius 1 is 1.24 bits per heavy atom. The summed E-state index contributed by atoms with van der Waals surface area (Å²) in [7, 11) is 1.64. The molecule has 2 N–H and O–H groups in total. The number of hydrogen-bond donors (Lipinski definition) is 2. The van der Waals surface area contributed by atoms with Crippen molar-refractivity contribution in [3.8, 4) is 0 Å². The molecular formula is C24H34Cl2N4O4. The van der Waals surface area contributed by atoms with Crippen molar-refractivity contribution in [2.75, 3.05) is 51.8 Å². The van der Waals surface area contributed by atoms with Gasteiger partial charge >= 0.3 is 6.03 Å². The summed E-state index contributed by atoms with van der Waals surface area (Å²) in [4.78, 5) is 31.8. The van der Waals surface area contributed by atoms with Crippen LogP contribution < -0.4 is 5.32 Å². The van der Waals surface area contributed by atoms with Crippen molar-refractivity contribution in [2.45, 2.75) is 50.8 Å². The van der Waals surface area contributed by atoms with Gasteiger partial charge in [0.15, 0.2) is 0 Å². The van der Waals surface area contributed by atoms with Crippen molar-refractivity contribution in [2.24, 2.45) is 5.41 Å². The minimum absolute atomic E-state index is 0.0748. The van der Waals surface area contributed by atoms with Gasteiger partial charge in [0, 0.05) is 39.0 Å².